The van der Waals surface area contributed by atoms with Crippen LogP contribution in [-0.2, 0) is 11.8 Å². The Hall–Kier alpha value is -2.48. The van der Waals surface area contributed by atoms with Crippen molar-refractivity contribution in [1.29, 1.82) is 0 Å². The molecule has 0 unspecified atom stereocenters. The van der Waals surface area contributed by atoms with E-state index in [0.29, 0.717) is 15.7 Å². The van der Waals surface area contributed by atoms with Crippen LogP contribution < -0.4 is 10.5 Å². The first kappa shape index (κ1) is 16.9. The van der Waals surface area contributed by atoms with E-state index in [9.17, 15) is 14.4 Å². The Morgan fingerprint density at radius 2 is 2.13 bits per heavy atom. The van der Waals surface area contributed by atoms with Crippen molar-refractivity contribution >= 4 is 28.3 Å². The molecule has 0 fully saturated rings. The molecule has 2 rings (SSSR count). The smallest absolute Gasteiger partial charge is 0.350 e. The lowest BCUT2D eigenvalue weighted by Crippen LogP contribution is -2.28. The Balaban J connectivity index is 2.29. The number of carbonyl (C=O) groups excluding carboxylic acids is 2. The quantitative estimate of drug-likeness (QED) is 0.793. The minimum Gasteiger partial charge on any atom is -0.462 e. The lowest BCUT2D eigenvalue weighted by Gasteiger charge is -2.13. The van der Waals surface area contributed by atoms with E-state index in [-0.39, 0.29) is 23.6 Å². The molecule has 0 atom stereocenters. The number of rotatable bonds is 4. The van der Waals surface area contributed by atoms with Crippen molar-refractivity contribution in [2.24, 2.45) is 7.05 Å². The van der Waals surface area contributed by atoms with Gasteiger partial charge in [-0.05, 0) is 19.9 Å². The molecule has 0 aliphatic carbocycles. The molecule has 2 aromatic rings. The highest BCUT2D eigenvalue weighted by Crippen LogP contribution is 2.26. The Kier molecular flexibility index (Phi) is 4.95. The zero-order valence-corrected chi connectivity index (χ0v) is 14.1. The molecule has 0 aromatic carbocycles. The van der Waals surface area contributed by atoms with Crippen LogP contribution in [0.5, 0.6) is 0 Å². The summed E-state index contributed by atoms with van der Waals surface area (Å²) in [6, 6.07) is 2.83. The Bertz CT molecular complexity index is 809. The van der Waals surface area contributed by atoms with Gasteiger partial charge in [-0.2, -0.15) is 0 Å². The van der Waals surface area contributed by atoms with Gasteiger partial charge >= 0.3 is 5.97 Å². The number of hydrogen-bond acceptors (Lipinski definition) is 6. The van der Waals surface area contributed by atoms with Gasteiger partial charge < -0.3 is 9.30 Å². The predicted octanol–water partition coefficient (Wildman–Crippen LogP) is 1.60. The van der Waals surface area contributed by atoms with Crippen LogP contribution in [0.3, 0.4) is 0 Å². The summed E-state index contributed by atoms with van der Waals surface area (Å²) in [7, 11) is 3.16. The molecule has 2 aromatic heterocycles. The molecule has 1 amide bonds. The van der Waals surface area contributed by atoms with Gasteiger partial charge in [-0.3, -0.25) is 14.5 Å². The first-order valence-corrected chi connectivity index (χ1v) is 7.76. The SMILES string of the molecule is CCOC(=O)c1sc(N(C)C(=O)c2ccn(C)c(=O)c2)nc1C. The summed E-state index contributed by atoms with van der Waals surface area (Å²) in [5, 5.41) is 0.372. The molecule has 0 aliphatic rings. The van der Waals surface area contributed by atoms with Gasteiger partial charge in [0, 0.05) is 31.9 Å². The molecule has 8 heteroatoms. The number of thiazole rings is 1. The molecule has 0 bridgehead atoms. The topological polar surface area (TPSA) is 81.5 Å². The van der Waals surface area contributed by atoms with Gasteiger partial charge in [-0.25, -0.2) is 9.78 Å². The van der Waals surface area contributed by atoms with E-state index in [4.69, 9.17) is 4.74 Å². The van der Waals surface area contributed by atoms with Gasteiger partial charge in [0.1, 0.15) is 4.88 Å². The fraction of sp³-hybridized carbons (Fsp3) is 0.333. The standard InChI is InChI=1S/C15H17N3O4S/c1-5-22-14(21)12-9(2)16-15(23-12)18(4)13(20)10-6-7-17(3)11(19)8-10/h6-8H,5H2,1-4H3. The predicted molar refractivity (Wildman–Crippen MR) is 87.2 cm³/mol. The van der Waals surface area contributed by atoms with Crippen LogP contribution in [0.15, 0.2) is 23.1 Å². The lowest BCUT2D eigenvalue weighted by molar-refractivity contribution is 0.0531. The van der Waals surface area contributed by atoms with Crippen LogP contribution in [0.25, 0.3) is 0 Å². The number of aryl methyl sites for hydroxylation is 2. The van der Waals surface area contributed by atoms with Crippen LogP contribution in [0, 0.1) is 6.92 Å². The van der Waals surface area contributed by atoms with Crippen LogP contribution >= 0.6 is 11.3 Å². The largest absolute Gasteiger partial charge is 0.462 e. The van der Waals surface area contributed by atoms with Gasteiger partial charge in [0.15, 0.2) is 5.13 Å². The van der Waals surface area contributed by atoms with Crippen molar-refractivity contribution in [3.8, 4) is 0 Å². The summed E-state index contributed by atoms with van der Waals surface area (Å²) >= 11 is 1.08. The summed E-state index contributed by atoms with van der Waals surface area (Å²) in [4.78, 5) is 41.8. The van der Waals surface area contributed by atoms with E-state index in [2.05, 4.69) is 4.98 Å². The minimum atomic E-state index is -0.455. The molecule has 0 spiro atoms. The summed E-state index contributed by atoms with van der Waals surface area (Å²) in [6.07, 6.45) is 1.53. The first-order valence-electron chi connectivity index (χ1n) is 6.94. The Morgan fingerprint density at radius 1 is 1.43 bits per heavy atom. The number of aromatic nitrogens is 2. The second-order valence-electron chi connectivity index (χ2n) is 4.86. The maximum Gasteiger partial charge on any atom is 0.350 e. The highest BCUT2D eigenvalue weighted by atomic mass is 32.1. The maximum absolute atomic E-state index is 12.5. The number of hydrogen-bond donors (Lipinski definition) is 0. The number of amides is 1. The Morgan fingerprint density at radius 3 is 2.74 bits per heavy atom. The van der Waals surface area contributed by atoms with E-state index in [0.717, 1.165) is 11.3 Å². The van der Waals surface area contributed by atoms with Crippen LogP contribution in [-0.4, -0.2) is 35.1 Å². The van der Waals surface area contributed by atoms with Crippen molar-refractivity contribution in [2.45, 2.75) is 13.8 Å². The molecule has 23 heavy (non-hydrogen) atoms. The molecular weight excluding hydrogens is 318 g/mol. The molecule has 7 nitrogen and oxygen atoms in total. The van der Waals surface area contributed by atoms with Gasteiger partial charge in [0.05, 0.1) is 12.3 Å². The third-order valence-electron chi connectivity index (χ3n) is 3.19. The Labute approximate surface area is 137 Å². The summed E-state index contributed by atoms with van der Waals surface area (Å²) in [6.45, 7) is 3.68. The molecule has 0 saturated carbocycles. The number of anilines is 1. The van der Waals surface area contributed by atoms with Crippen molar-refractivity contribution in [3.05, 3.63) is 44.8 Å². The van der Waals surface area contributed by atoms with Crippen LogP contribution in [0.2, 0.25) is 0 Å². The number of esters is 1. The van der Waals surface area contributed by atoms with E-state index in [1.807, 2.05) is 0 Å². The monoisotopic (exact) mass is 335 g/mol. The van der Waals surface area contributed by atoms with Crippen molar-refractivity contribution in [3.63, 3.8) is 0 Å². The van der Waals surface area contributed by atoms with E-state index >= 15 is 0 Å². The number of nitrogens with zero attached hydrogens (tertiary/aromatic N) is 3. The van der Waals surface area contributed by atoms with E-state index in [1.165, 1.54) is 21.7 Å². The molecule has 0 radical (unpaired) electrons. The fourth-order valence-corrected chi connectivity index (χ4v) is 2.79. The van der Waals surface area contributed by atoms with E-state index in [1.54, 1.807) is 34.0 Å². The molecule has 0 N–H and O–H groups in total. The second kappa shape index (κ2) is 6.74. The number of ether oxygens (including phenoxy) is 1. The second-order valence-corrected chi connectivity index (χ2v) is 5.84. The van der Waals surface area contributed by atoms with Crippen molar-refractivity contribution in [1.82, 2.24) is 9.55 Å². The zero-order valence-electron chi connectivity index (χ0n) is 13.3. The third-order valence-corrected chi connectivity index (χ3v) is 4.40. The van der Waals surface area contributed by atoms with E-state index < -0.39 is 5.97 Å². The highest BCUT2D eigenvalue weighted by molar-refractivity contribution is 7.17. The van der Waals surface area contributed by atoms with Gasteiger partial charge in [-0.15, -0.1) is 0 Å². The number of pyridine rings is 1. The number of carbonyl (C=O) groups is 2. The van der Waals surface area contributed by atoms with Crippen molar-refractivity contribution < 1.29 is 14.3 Å². The van der Waals surface area contributed by atoms with Crippen molar-refractivity contribution in [2.75, 3.05) is 18.6 Å². The van der Waals surface area contributed by atoms with Gasteiger partial charge in [-0.1, -0.05) is 11.3 Å². The highest BCUT2D eigenvalue weighted by Gasteiger charge is 2.22. The zero-order chi connectivity index (χ0) is 17.1. The third kappa shape index (κ3) is 3.48. The normalized spacial score (nSPS) is 10.4. The average Bonchev–Trinajstić information content (AvgIpc) is 2.91. The summed E-state index contributed by atoms with van der Waals surface area (Å²) < 4.78 is 6.34. The fourth-order valence-electron chi connectivity index (χ4n) is 1.87. The van der Waals surface area contributed by atoms with Gasteiger partial charge in [0.2, 0.25) is 0 Å². The van der Waals surface area contributed by atoms with Crippen LogP contribution in [0.1, 0.15) is 32.6 Å². The average molecular weight is 335 g/mol. The molecule has 0 aliphatic heterocycles. The molecular formula is C15H17N3O4S. The first-order chi connectivity index (χ1) is 10.8. The minimum absolute atomic E-state index is 0.265. The maximum atomic E-state index is 12.5. The summed E-state index contributed by atoms with van der Waals surface area (Å²) in [5.41, 5.74) is 0.500. The van der Waals surface area contributed by atoms with Crippen LogP contribution in [0.4, 0.5) is 5.13 Å². The molecule has 2 heterocycles. The molecule has 0 saturated heterocycles. The van der Waals surface area contributed by atoms with Gasteiger partial charge in [0.25, 0.3) is 11.5 Å². The molecule has 122 valence electrons. The lowest BCUT2D eigenvalue weighted by atomic mass is 10.2. The summed E-state index contributed by atoms with van der Waals surface area (Å²) in [5.74, 6) is -0.824.